The lowest BCUT2D eigenvalue weighted by Gasteiger charge is -2.33. The Labute approximate surface area is 160 Å². The van der Waals surface area contributed by atoms with Gasteiger partial charge in [-0.3, -0.25) is 9.89 Å². The van der Waals surface area contributed by atoms with E-state index in [9.17, 15) is 0 Å². The van der Waals surface area contributed by atoms with Gasteiger partial charge in [0, 0.05) is 26.6 Å². The normalized spacial score (nSPS) is 19.1. The molecular formula is C19H29N7O. The third-order valence-corrected chi connectivity index (χ3v) is 5.49. The number of rotatable bonds is 6. The van der Waals surface area contributed by atoms with Crippen molar-refractivity contribution in [2.45, 2.75) is 51.2 Å². The first-order chi connectivity index (χ1) is 13.3. The lowest BCUT2D eigenvalue weighted by molar-refractivity contribution is 0.146. The Morgan fingerprint density at radius 1 is 1.19 bits per heavy atom. The summed E-state index contributed by atoms with van der Waals surface area (Å²) < 4.78 is 7.93. The first-order valence-electron chi connectivity index (χ1n) is 9.98. The second kappa shape index (κ2) is 8.56. The minimum Gasteiger partial charge on any atom is -0.468 e. The molecule has 8 heteroatoms. The Morgan fingerprint density at radius 3 is 2.85 bits per heavy atom. The highest BCUT2D eigenvalue weighted by molar-refractivity contribution is 5.79. The molecule has 4 heterocycles. The molecule has 1 unspecified atom stereocenters. The maximum atomic E-state index is 5.72. The van der Waals surface area contributed by atoms with Crippen LogP contribution in [0.25, 0.3) is 0 Å². The van der Waals surface area contributed by atoms with Crippen molar-refractivity contribution in [1.82, 2.24) is 30.3 Å². The van der Waals surface area contributed by atoms with Gasteiger partial charge in [0.15, 0.2) is 11.8 Å². The number of furan rings is 1. The molecule has 2 aromatic rings. The topological polar surface area (TPSA) is 83.5 Å². The summed E-state index contributed by atoms with van der Waals surface area (Å²) in [4.78, 5) is 6.88. The van der Waals surface area contributed by atoms with E-state index in [1.165, 1.54) is 19.3 Å². The van der Waals surface area contributed by atoms with E-state index in [0.717, 1.165) is 62.4 Å². The monoisotopic (exact) mass is 371 g/mol. The van der Waals surface area contributed by atoms with Crippen LogP contribution in [0, 0.1) is 0 Å². The van der Waals surface area contributed by atoms with Crippen LogP contribution in [-0.4, -0.2) is 52.3 Å². The molecule has 0 amide bonds. The van der Waals surface area contributed by atoms with Crippen LogP contribution in [0.4, 0.5) is 0 Å². The number of hydrogen-bond donors (Lipinski definition) is 2. The average molecular weight is 371 g/mol. The largest absolute Gasteiger partial charge is 0.468 e. The minimum atomic E-state index is 0.219. The molecule has 4 rings (SSSR count). The molecule has 2 N–H and O–H groups in total. The van der Waals surface area contributed by atoms with Crippen molar-refractivity contribution in [3.8, 4) is 0 Å². The van der Waals surface area contributed by atoms with Crippen molar-refractivity contribution in [3.63, 3.8) is 0 Å². The SMILES string of the molecule is CN=C(NCc1nnc2n1CCC2)NCC(c1ccco1)N1CCCCC1. The van der Waals surface area contributed by atoms with Gasteiger partial charge in [0.05, 0.1) is 18.8 Å². The van der Waals surface area contributed by atoms with Crippen molar-refractivity contribution >= 4 is 5.96 Å². The third-order valence-electron chi connectivity index (χ3n) is 5.49. The molecule has 0 bridgehead atoms. The molecule has 2 aliphatic heterocycles. The van der Waals surface area contributed by atoms with E-state index in [0.29, 0.717) is 6.54 Å². The summed E-state index contributed by atoms with van der Waals surface area (Å²) in [6, 6.07) is 4.25. The van der Waals surface area contributed by atoms with Gasteiger partial charge >= 0.3 is 0 Å². The lowest BCUT2D eigenvalue weighted by Crippen LogP contribution is -2.44. The molecule has 8 nitrogen and oxygen atoms in total. The van der Waals surface area contributed by atoms with Gasteiger partial charge in [0.1, 0.15) is 11.6 Å². The second-order valence-electron chi connectivity index (χ2n) is 7.22. The Morgan fingerprint density at radius 2 is 2.07 bits per heavy atom. The highest BCUT2D eigenvalue weighted by Crippen LogP contribution is 2.24. The second-order valence-corrected chi connectivity index (χ2v) is 7.22. The molecule has 0 saturated carbocycles. The van der Waals surface area contributed by atoms with Crippen molar-refractivity contribution in [2.75, 3.05) is 26.7 Å². The Balaban J connectivity index is 1.35. The molecule has 0 aromatic carbocycles. The number of likely N-dealkylation sites (tertiary alicyclic amines) is 1. The molecule has 1 atom stereocenters. The van der Waals surface area contributed by atoms with E-state index in [1.54, 1.807) is 13.3 Å². The summed E-state index contributed by atoms with van der Waals surface area (Å²) in [7, 11) is 1.80. The van der Waals surface area contributed by atoms with Gasteiger partial charge in [0.2, 0.25) is 0 Å². The molecule has 27 heavy (non-hydrogen) atoms. The predicted molar refractivity (Wildman–Crippen MR) is 103 cm³/mol. The molecule has 0 radical (unpaired) electrons. The Hall–Kier alpha value is -2.35. The number of aromatic nitrogens is 3. The van der Waals surface area contributed by atoms with Gasteiger partial charge in [-0.05, 0) is 44.5 Å². The first-order valence-corrected chi connectivity index (χ1v) is 9.98. The van der Waals surface area contributed by atoms with Crippen LogP contribution in [0.2, 0.25) is 0 Å². The van der Waals surface area contributed by atoms with Gasteiger partial charge in [0.25, 0.3) is 0 Å². The van der Waals surface area contributed by atoms with Gasteiger partial charge < -0.3 is 19.6 Å². The number of guanidine groups is 1. The Bertz CT molecular complexity index is 746. The summed E-state index contributed by atoms with van der Waals surface area (Å²) in [5.41, 5.74) is 0. The summed E-state index contributed by atoms with van der Waals surface area (Å²) >= 11 is 0. The zero-order valence-electron chi connectivity index (χ0n) is 16.0. The maximum Gasteiger partial charge on any atom is 0.191 e. The number of aliphatic imine (C=N–C) groups is 1. The molecule has 2 aliphatic rings. The fourth-order valence-electron chi connectivity index (χ4n) is 4.04. The van der Waals surface area contributed by atoms with Crippen LogP contribution in [0.1, 0.15) is 49.1 Å². The van der Waals surface area contributed by atoms with E-state index >= 15 is 0 Å². The number of fused-ring (bicyclic) bond motifs is 1. The van der Waals surface area contributed by atoms with E-state index in [1.807, 2.05) is 6.07 Å². The standard InChI is InChI=1S/C19H29N7O/c1-20-19(22-14-18-24-23-17-8-5-11-26(17)18)21-13-15(16-7-6-12-27-16)25-9-3-2-4-10-25/h6-7,12,15H,2-5,8-11,13-14H2,1H3,(H2,20,21,22). The zero-order chi connectivity index (χ0) is 18.5. The number of piperidine rings is 1. The molecule has 0 spiro atoms. The molecule has 1 saturated heterocycles. The van der Waals surface area contributed by atoms with Crippen molar-refractivity contribution in [3.05, 3.63) is 35.8 Å². The molecule has 2 aromatic heterocycles. The van der Waals surface area contributed by atoms with Crippen LogP contribution < -0.4 is 10.6 Å². The summed E-state index contributed by atoms with van der Waals surface area (Å²) in [5.74, 6) is 3.86. The van der Waals surface area contributed by atoms with Crippen LogP contribution in [0.5, 0.6) is 0 Å². The quantitative estimate of drug-likeness (QED) is 0.594. The highest BCUT2D eigenvalue weighted by atomic mass is 16.3. The third kappa shape index (κ3) is 4.16. The number of nitrogens with zero attached hydrogens (tertiary/aromatic N) is 5. The molecule has 1 fully saturated rings. The van der Waals surface area contributed by atoms with Gasteiger partial charge in [-0.2, -0.15) is 0 Å². The predicted octanol–water partition coefficient (Wildman–Crippen LogP) is 1.71. The van der Waals surface area contributed by atoms with Crippen LogP contribution >= 0.6 is 0 Å². The lowest BCUT2D eigenvalue weighted by atomic mass is 10.1. The van der Waals surface area contributed by atoms with E-state index in [-0.39, 0.29) is 6.04 Å². The summed E-state index contributed by atoms with van der Waals surface area (Å²) in [6.07, 6.45) is 7.77. The van der Waals surface area contributed by atoms with E-state index in [2.05, 4.69) is 41.4 Å². The highest BCUT2D eigenvalue weighted by Gasteiger charge is 2.24. The fourth-order valence-corrected chi connectivity index (χ4v) is 4.04. The van der Waals surface area contributed by atoms with Gasteiger partial charge in [-0.15, -0.1) is 10.2 Å². The van der Waals surface area contributed by atoms with E-state index in [4.69, 9.17) is 4.42 Å². The van der Waals surface area contributed by atoms with Crippen LogP contribution in [0.3, 0.4) is 0 Å². The van der Waals surface area contributed by atoms with Gasteiger partial charge in [-0.25, -0.2) is 0 Å². The molecule has 0 aliphatic carbocycles. The van der Waals surface area contributed by atoms with Crippen LogP contribution in [-0.2, 0) is 19.5 Å². The molecular weight excluding hydrogens is 342 g/mol. The summed E-state index contributed by atoms with van der Waals surface area (Å²) in [6.45, 7) is 4.63. The average Bonchev–Trinajstić information content (AvgIpc) is 3.44. The minimum absolute atomic E-state index is 0.219. The smallest absolute Gasteiger partial charge is 0.191 e. The molecule has 146 valence electrons. The van der Waals surface area contributed by atoms with Crippen molar-refractivity contribution in [1.29, 1.82) is 0 Å². The first kappa shape index (κ1) is 18.0. The van der Waals surface area contributed by atoms with Crippen molar-refractivity contribution < 1.29 is 4.42 Å². The van der Waals surface area contributed by atoms with Crippen LogP contribution in [0.15, 0.2) is 27.8 Å². The fraction of sp³-hybridized carbons (Fsp3) is 0.632. The zero-order valence-corrected chi connectivity index (χ0v) is 16.0. The number of aryl methyl sites for hydroxylation is 1. The number of nitrogens with one attached hydrogen (secondary N) is 2. The van der Waals surface area contributed by atoms with E-state index < -0.39 is 0 Å². The number of hydrogen-bond acceptors (Lipinski definition) is 5. The van der Waals surface area contributed by atoms with Gasteiger partial charge in [-0.1, -0.05) is 6.42 Å². The maximum absolute atomic E-state index is 5.72. The van der Waals surface area contributed by atoms with Crippen molar-refractivity contribution in [2.24, 2.45) is 4.99 Å². The Kier molecular flexibility index (Phi) is 5.72. The summed E-state index contributed by atoms with van der Waals surface area (Å²) in [5, 5.41) is 15.4.